The number of amides is 1. The standard InChI is InChI=1S/C14H16N2O4S2/c1-16(11-5-7-12(20-2)8-6-11)13(17)10-15-22(18,19)14-4-3-9-21-14/h3-9,15H,10H2,1-2H3. The Bertz CT molecular complexity index is 725. The van der Waals surface area contributed by atoms with E-state index in [9.17, 15) is 13.2 Å². The highest BCUT2D eigenvalue weighted by Crippen LogP contribution is 2.18. The number of methoxy groups -OCH3 is 1. The Balaban J connectivity index is 1.99. The summed E-state index contributed by atoms with van der Waals surface area (Å²) in [6.07, 6.45) is 0. The van der Waals surface area contributed by atoms with Crippen molar-refractivity contribution in [1.82, 2.24) is 4.72 Å². The van der Waals surface area contributed by atoms with Gasteiger partial charge in [-0.3, -0.25) is 4.79 Å². The number of carbonyl (C=O) groups excluding carboxylic acids is 1. The van der Waals surface area contributed by atoms with E-state index in [0.29, 0.717) is 11.4 Å². The summed E-state index contributed by atoms with van der Waals surface area (Å²) >= 11 is 1.10. The lowest BCUT2D eigenvalue weighted by Crippen LogP contribution is -2.37. The molecule has 1 aromatic carbocycles. The van der Waals surface area contributed by atoms with Gasteiger partial charge in [-0.15, -0.1) is 11.3 Å². The third-order valence-corrected chi connectivity index (χ3v) is 5.81. The van der Waals surface area contributed by atoms with E-state index in [2.05, 4.69) is 4.72 Å². The highest BCUT2D eigenvalue weighted by atomic mass is 32.2. The highest BCUT2D eigenvalue weighted by molar-refractivity contribution is 7.91. The van der Waals surface area contributed by atoms with Crippen LogP contribution in [0.3, 0.4) is 0 Å². The van der Waals surface area contributed by atoms with Gasteiger partial charge >= 0.3 is 0 Å². The zero-order valence-corrected chi connectivity index (χ0v) is 13.8. The first-order chi connectivity index (χ1) is 10.4. The minimum Gasteiger partial charge on any atom is -0.497 e. The molecule has 8 heteroatoms. The molecule has 0 aliphatic heterocycles. The summed E-state index contributed by atoms with van der Waals surface area (Å²) in [4.78, 5) is 13.5. The van der Waals surface area contributed by atoms with Crippen molar-refractivity contribution in [1.29, 1.82) is 0 Å². The first kappa shape index (κ1) is 16.5. The Kier molecular flexibility index (Phi) is 5.17. The van der Waals surface area contributed by atoms with E-state index in [1.165, 1.54) is 11.0 Å². The number of hydrogen-bond donors (Lipinski definition) is 1. The molecular formula is C14H16N2O4S2. The third-order valence-electron chi connectivity index (χ3n) is 3.01. The van der Waals surface area contributed by atoms with E-state index in [-0.39, 0.29) is 16.7 Å². The van der Waals surface area contributed by atoms with Crippen LogP contribution in [0.1, 0.15) is 0 Å². The van der Waals surface area contributed by atoms with Crippen LogP contribution >= 0.6 is 11.3 Å². The molecule has 1 heterocycles. The molecule has 118 valence electrons. The van der Waals surface area contributed by atoms with Gasteiger partial charge in [0.05, 0.1) is 13.7 Å². The number of ether oxygens (including phenoxy) is 1. The molecule has 6 nitrogen and oxygen atoms in total. The number of carbonyl (C=O) groups is 1. The molecule has 0 unspecified atom stereocenters. The molecule has 2 rings (SSSR count). The fourth-order valence-electron chi connectivity index (χ4n) is 1.71. The van der Waals surface area contributed by atoms with Gasteiger partial charge in [-0.05, 0) is 35.7 Å². The summed E-state index contributed by atoms with van der Waals surface area (Å²) in [7, 11) is -0.492. The maximum atomic E-state index is 12.1. The molecule has 1 amide bonds. The predicted molar refractivity (Wildman–Crippen MR) is 85.9 cm³/mol. The van der Waals surface area contributed by atoms with Gasteiger partial charge in [0.2, 0.25) is 5.91 Å². The van der Waals surface area contributed by atoms with Gasteiger partial charge in [0, 0.05) is 12.7 Å². The fraction of sp³-hybridized carbons (Fsp3) is 0.214. The smallest absolute Gasteiger partial charge is 0.250 e. The molecule has 2 aromatic rings. The van der Waals surface area contributed by atoms with Crippen molar-refractivity contribution in [2.75, 3.05) is 25.6 Å². The molecule has 0 aliphatic rings. The van der Waals surface area contributed by atoms with E-state index in [0.717, 1.165) is 11.3 Å². The molecule has 0 saturated heterocycles. The molecule has 0 radical (unpaired) electrons. The lowest BCUT2D eigenvalue weighted by molar-refractivity contribution is -0.117. The van der Waals surface area contributed by atoms with Crippen LogP contribution in [0.5, 0.6) is 5.75 Å². The first-order valence-corrected chi connectivity index (χ1v) is 8.74. The monoisotopic (exact) mass is 340 g/mol. The average Bonchev–Trinajstić information content (AvgIpc) is 3.07. The lowest BCUT2D eigenvalue weighted by atomic mass is 10.3. The van der Waals surface area contributed by atoms with Crippen molar-refractivity contribution in [3.8, 4) is 5.75 Å². The number of rotatable bonds is 6. The van der Waals surface area contributed by atoms with Crippen LogP contribution in [0.15, 0.2) is 46.0 Å². The van der Waals surface area contributed by atoms with Gasteiger partial charge in [0.15, 0.2) is 0 Å². The number of likely N-dealkylation sites (N-methyl/N-ethyl adjacent to an activating group) is 1. The van der Waals surface area contributed by atoms with Gasteiger partial charge in [-0.2, -0.15) is 0 Å². The Morgan fingerprint density at radius 3 is 2.50 bits per heavy atom. The van der Waals surface area contributed by atoms with Crippen LogP contribution in [0.4, 0.5) is 5.69 Å². The highest BCUT2D eigenvalue weighted by Gasteiger charge is 2.18. The van der Waals surface area contributed by atoms with Crippen molar-refractivity contribution in [3.05, 3.63) is 41.8 Å². The number of sulfonamides is 1. The number of nitrogens with one attached hydrogen (secondary N) is 1. The molecule has 22 heavy (non-hydrogen) atoms. The van der Waals surface area contributed by atoms with E-state index in [1.807, 2.05) is 0 Å². The quantitative estimate of drug-likeness (QED) is 0.868. The van der Waals surface area contributed by atoms with Crippen molar-refractivity contribution in [2.24, 2.45) is 0 Å². The maximum absolute atomic E-state index is 12.1. The van der Waals surface area contributed by atoms with Crippen LogP contribution in [0, 0.1) is 0 Å². The third kappa shape index (κ3) is 3.85. The number of nitrogens with zero attached hydrogens (tertiary/aromatic N) is 1. The predicted octanol–water partition coefficient (Wildman–Crippen LogP) is 1.70. The average molecular weight is 340 g/mol. The topological polar surface area (TPSA) is 75.7 Å². The molecule has 0 aliphatic carbocycles. The summed E-state index contributed by atoms with van der Waals surface area (Å²) in [6, 6.07) is 10.0. The number of hydrogen-bond acceptors (Lipinski definition) is 5. The molecule has 0 bridgehead atoms. The Morgan fingerprint density at radius 1 is 1.27 bits per heavy atom. The lowest BCUT2D eigenvalue weighted by Gasteiger charge is -2.17. The van der Waals surface area contributed by atoms with Crippen molar-refractivity contribution in [3.63, 3.8) is 0 Å². The summed E-state index contributed by atoms with van der Waals surface area (Å²) in [5, 5.41) is 1.67. The number of thiophene rings is 1. The first-order valence-electron chi connectivity index (χ1n) is 6.38. The second kappa shape index (κ2) is 6.91. The van der Waals surface area contributed by atoms with Gasteiger partial charge in [-0.1, -0.05) is 6.07 Å². The van der Waals surface area contributed by atoms with E-state index in [1.54, 1.807) is 49.9 Å². The molecular weight excluding hydrogens is 324 g/mol. The summed E-state index contributed by atoms with van der Waals surface area (Å²) in [6.45, 7) is -0.303. The molecule has 0 spiro atoms. The van der Waals surface area contributed by atoms with E-state index >= 15 is 0 Å². The Morgan fingerprint density at radius 2 is 1.95 bits per heavy atom. The van der Waals surface area contributed by atoms with E-state index in [4.69, 9.17) is 4.74 Å². The molecule has 1 N–H and O–H groups in total. The van der Waals surface area contributed by atoms with Gasteiger partial charge < -0.3 is 9.64 Å². The van der Waals surface area contributed by atoms with Crippen molar-refractivity contribution < 1.29 is 17.9 Å². The minimum absolute atomic E-state index is 0.187. The van der Waals surface area contributed by atoms with Crippen LogP contribution in [0.2, 0.25) is 0 Å². The molecule has 0 fully saturated rings. The maximum Gasteiger partial charge on any atom is 0.250 e. The molecule has 0 saturated carbocycles. The number of anilines is 1. The van der Waals surface area contributed by atoms with Crippen molar-refractivity contribution in [2.45, 2.75) is 4.21 Å². The van der Waals surface area contributed by atoms with Crippen LogP contribution in [0.25, 0.3) is 0 Å². The fourth-order valence-corrected chi connectivity index (χ4v) is 3.72. The number of benzene rings is 1. The van der Waals surface area contributed by atoms with Crippen LogP contribution in [-0.4, -0.2) is 35.0 Å². The Hall–Kier alpha value is -1.90. The van der Waals surface area contributed by atoms with Crippen LogP contribution < -0.4 is 14.4 Å². The van der Waals surface area contributed by atoms with E-state index < -0.39 is 10.0 Å². The summed E-state index contributed by atoms with van der Waals surface area (Å²) in [5.41, 5.74) is 0.654. The largest absolute Gasteiger partial charge is 0.497 e. The second-order valence-corrected chi connectivity index (χ2v) is 7.35. The zero-order valence-electron chi connectivity index (χ0n) is 12.1. The van der Waals surface area contributed by atoms with Gasteiger partial charge in [0.25, 0.3) is 10.0 Å². The Labute approximate surface area is 133 Å². The van der Waals surface area contributed by atoms with Gasteiger partial charge in [0.1, 0.15) is 9.96 Å². The van der Waals surface area contributed by atoms with Crippen molar-refractivity contribution >= 4 is 33.0 Å². The summed E-state index contributed by atoms with van der Waals surface area (Å²) in [5.74, 6) is 0.327. The normalized spacial score (nSPS) is 11.2. The second-order valence-electron chi connectivity index (χ2n) is 4.41. The van der Waals surface area contributed by atoms with Crippen LogP contribution in [-0.2, 0) is 14.8 Å². The zero-order chi connectivity index (χ0) is 16.2. The molecule has 0 atom stereocenters. The minimum atomic E-state index is -3.64. The molecule has 1 aromatic heterocycles. The van der Waals surface area contributed by atoms with Gasteiger partial charge in [-0.25, -0.2) is 13.1 Å². The SMILES string of the molecule is COc1ccc(N(C)C(=O)CNS(=O)(=O)c2cccs2)cc1. The summed E-state index contributed by atoms with van der Waals surface area (Å²) < 4.78 is 31.4.